The number of benzene rings is 1. The third kappa shape index (κ3) is 6.83. The molecule has 1 aromatic heterocycles. The van der Waals surface area contributed by atoms with Gasteiger partial charge in [0.15, 0.2) is 0 Å². The van der Waals surface area contributed by atoms with Crippen LogP contribution in [0.5, 0.6) is 5.75 Å². The summed E-state index contributed by atoms with van der Waals surface area (Å²) in [5, 5.41) is 0. The van der Waals surface area contributed by atoms with Crippen LogP contribution in [0, 0.1) is 17.8 Å². The van der Waals surface area contributed by atoms with Crippen LogP contribution in [0.2, 0.25) is 0 Å². The van der Waals surface area contributed by atoms with E-state index in [2.05, 4.69) is 51.6 Å². The lowest BCUT2D eigenvalue weighted by atomic mass is 9.70. The van der Waals surface area contributed by atoms with Gasteiger partial charge in [-0.05, 0) is 104 Å². The van der Waals surface area contributed by atoms with E-state index >= 15 is 0 Å². The molecule has 192 valence electrons. The standard InChI is InChI=1S/C33H48O2/c1-5-26-20-30(35-23-26)16-10-7-12-24(3)25(4)32(21-27-13-8-9-14-27)31(6-2)28-17-18-33-29(22-28)15-11-19-34-33/h17-18,20,22-23,25,27,31-32H,3,5-16,19,21H2,1-2,4H3. The van der Waals surface area contributed by atoms with Crippen LogP contribution < -0.4 is 4.74 Å². The van der Waals surface area contributed by atoms with Crippen molar-refractivity contribution in [1.29, 1.82) is 0 Å². The van der Waals surface area contributed by atoms with Gasteiger partial charge in [-0.25, -0.2) is 0 Å². The van der Waals surface area contributed by atoms with E-state index in [0.29, 0.717) is 17.8 Å². The van der Waals surface area contributed by atoms with E-state index in [1.807, 2.05) is 6.26 Å². The zero-order valence-corrected chi connectivity index (χ0v) is 22.6. The second kappa shape index (κ2) is 12.8. The van der Waals surface area contributed by atoms with E-state index in [1.165, 1.54) is 73.6 Å². The van der Waals surface area contributed by atoms with Crippen molar-refractivity contribution < 1.29 is 9.15 Å². The van der Waals surface area contributed by atoms with Crippen LogP contribution in [0.15, 0.2) is 47.1 Å². The van der Waals surface area contributed by atoms with E-state index in [9.17, 15) is 0 Å². The molecule has 3 unspecified atom stereocenters. The number of rotatable bonds is 13. The molecule has 35 heavy (non-hydrogen) atoms. The first-order valence-corrected chi connectivity index (χ1v) is 14.6. The molecule has 2 nitrogen and oxygen atoms in total. The number of hydrogen-bond donors (Lipinski definition) is 0. The molecular formula is C33H48O2. The molecule has 2 aliphatic rings. The van der Waals surface area contributed by atoms with Crippen molar-refractivity contribution in [3.8, 4) is 5.75 Å². The Morgan fingerprint density at radius 2 is 1.91 bits per heavy atom. The maximum atomic E-state index is 5.92. The molecule has 2 heterocycles. The summed E-state index contributed by atoms with van der Waals surface area (Å²) < 4.78 is 11.6. The summed E-state index contributed by atoms with van der Waals surface area (Å²) in [5.74, 6) is 4.99. The number of fused-ring (bicyclic) bond motifs is 1. The summed E-state index contributed by atoms with van der Waals surface area (Å²) in [6, 6.07) is 9.32. The summed E-state index contributed by atoms with van der Waals surface area (Å²) in [6.07, 6.45) is 18.1. The van der Waals surface area contributed by atoms with Crippen molar-refractivity contribution in [2.24, 2.45) is 17.8 Å². The van der Waals surface area contributed by atoms with Gasteiger partial charge in [-0.3, -0.25) is 0 Å². The van der Waals surface area contributed by atoms with Crippen LogP contribution >= 0.6 is 0 Å². The van der Waals surface area contributed by atoms with Crippen LogP contribution in [0.4, 0.5) is 0 Å². The molecule has 0 spiro atoms. The summed E-state index contributed by atoms with van der Waals surface area (Å²) in [6.45, 7) is 12.6. The zero-order chi connectivity index (χ0) is 24.6. The molecule has 0 amide bonds. The monoisotopic (exact) mass is 476 g/mol. The third-order valence-corrected chi connectivity index (χ3v) is 8.97. The maximum absolute atomic E-state index is 5.92. The Hall–Kier alpha value is -1.96. The highest BCUT2D eigenvalue weighted by atomic mass is 16.5. The fraction of sp³-hybridized carbons (Fsp3) is 0.636. The molecule has 0 bridgehead atoms. The second-order valence-corrected chi connectivity index (χ2v) is 11.3. The highest BCUT2D eigenvalue weighted by Crippen LogP contribution is 2.44. The van der Waals surface area contributed by atoms with E-state index in [0.717, 1.165) is 56.1 Å². The molecule has 1 aliphatic carbocycles. The van der Waals surface area contributed by atoms with E-state index in [1.54, 1.807) is 0 Å². The third-order valence-electron chi connectivity index (χ3n) is 8.97. The van der Waals surface area contributed by atoms with Crippen molar-refractivity contribution >= 4 is 0 Å². The van der Waals surface area contributed by atoms with Crippen LogP contribution in [-0.2, 0) is 19.3 Å². The second-order valence-electron chi connectivity index (χ2n) is 11.3. The van der Waals surface area contributed by atoms with Crippen LogP contribution in [0.3, 0.4) is 0 Å². The first kappa shape index (κ1) is 26.1. The summed E-state index contributed by atoms with van der Waals surface area (Å²) in [4.78, 5) is 0. The van der Waals surface area contributed by atoms with Crippen LogP contribution in [0.1, 0.15) is 113 Å². The Bertz CT molecular complexity index is 932. The highest BCUT2D eigenvalue weighted by Gasteiger charge is 2.32. The van der Waals surface area contributed by atoms with Crippen molar-refractivity contribution in [3.63, 3.8) is 0 Å². The predicted molar refractivity (Wildman–Crippen MR) is 147 cm³/mol. The van der Waals surface area contributed by atoms with Gasteiger partial charge >= 0.3 is 0 Å². The van der Waals surface area contributed by atoms with Gasteiger partial charge < -0.3 is 9.15 Å². The van der Waals surface area contributed by atoms with Gasteiger partial charge in [-0.2, -0.15) is 0 Å². The molecule has 1 aromatic carbocycles. The summed E-state index contributed by atoms with van der Waals surface area (Å²) in [5.41, 5.74) is 5.72. The quantitative estimate of drug-likeness (QED) is 0.212. The van der Waals surface area contributed by atoms with Gasteiger partial charge in [0.1, 0.15) is 11.5 Å². The highest BCUT2D eigenvalue weighted by molar-refractivity contribution is 5.40. The fourth-order valence-corrected chi connectivity index (χ4v) is 6.67. The molecular weight excluding hydrogens is 428 g/mol. The fourth-order valence-electron chi connectivity index (χ4n) is 6.67. The molecule has 2 aromatic rings. The number of unbranched alkanes of at least 4 members (excludes halogenated alkanes) is 1. The minimum Gasteiger partial charge on any atom is -0.493 e. The lowest BCUT2D eigenvalue weighted by Crippen LogP contribution is -2.24. The zero-order valence-electron chi connectivity index (χ0n) is 22.6. The molecule has 3 atom stereocenters. The van der Waals surface area contributed by atoms with E-state index in [-0.39, 0.29) is 0 Å². The van der Waals surface area contributed by atoms with Gasteiger partial charge in [0.2, 0.25) is 0 Å². The van der Waals surface area contributed by atoms with Gasteiger partial charge in [0.05, 0.1) is 12.9 Å². The normalized spacial score (nSPS) is 18.6. The lowest BCUT2D eigenvalue weighted by Gasteiger charge is -2.35. The number of allylic oxidation sites excluding steroid dienone is 1. The Morgan fingerprint density at radius 1 is 1.09 bits per heavy atom. The molecule has 0 N–H and O–H groups in total. The molecule has 2 heteroatoms. The Morgan fingerprint density at radius 3 is 2.66 bits per heavy atom. The van der Waals surface area contributed by atoms with Crippen LogP contribution in [0.25, 0.3) is 0 Å². The van der Waals surface area contributed by atoms with Crippen molar-refractivity contribution in [3.05, 3.63) is 65.1 Å². The van der Waals surface area contributed by atoms with Crippen molar-refractivity contribution in [1.82, 2.24) is 0 Å². The number of furan rings is 1. The van der Waals surface area contributed by atoms with Gasteiger partial charge in [0.25, 0.3) is 0 Å². The molecule has 1 saturated carbocycles. The average Bonchev–Trinajstić information content (AvgIpc) is 3.58. The van der Waals surface area contributed by atoms with Crippen LogP contribution in [-0.4, -0.2) is 6.61 Å². The number of aryl methyl sites for hydroxylation is 3. The minimum atomic E-state index is 0.558. The van der Waals surface area contributed by atoms with Gasteiger partial charge in [-0.15, -0.1) is 0 Å². The lowest BCUT2D eigenvalue weighted by molar-refractivity contribution is 0.253. The topological polar surface area (TPSA) is 22.4 Å². The summed E-state index contributed by atoms with van der Waals surface area (Å²) >= 11 is 0. The average molecular weight is 477 g/mol. The first-order chi connectivity index (χ1) is 17.1. The van der Waals surface area contributed by atoms with E-state index < -0.39 is 0 Å². The van der Waals surface area contributed by atoms with Crippen molar-refractivity contribution in [2.75, 3.05) is 6.61 Å². The minimum absolute atomic E-state index is 0.558. The predicted octanol–water partition coefficient (Wildman–Crippen LogP) is 9.46. The van der Waals surface area contributed by atoms with Gasteiger partial charge in [-0.1, -0.05) is 70.7 Å². The first-order valence-electron chi connectivity index (χ1n) is 14.6. The Balaban J connectivity index is 1.41. The molecule has 1 fully saturated rings. The number of hydrogen-bond acceptors (Lipinski definition) is 2. The molecule has 4 rings (SSSR count). The Kier molecular flexibility index (Phi) is 9.58. The van der Waals surface area contributed by atoms with Crippen molar-refractivity contribution in [2.45, 2.75) is 110 Å². The SMILES string of the molecule is C=C(CCCCc1cc(CC)co1)C(C)C(CC1CCCC1)C(CC)c1ccc2c(c1)CCCO2. The smallest absolute Gasteiger partial charge is 0.122 e. The maximum Gasteiger partial charge on any atom is 0.122 e. The van der Waals surface area contributed by atoms with E-state index in [4.69, 9.17) is 9.15 Å². The molecule has 0 saturated heterocycles. The number of ether oxygens (including phenoxy) is 1. The molecule has 1 aliphatic heterocycles. The largest absolute Gasteiger partial charge is 0.493 e. The summed E-state index contributed by atoms with van der Waals surface area (Å²) in [7, 11) is 0. The molecule has 0 radical (unpaired) electrons. The Labute approximate surface area is 214 Å². The van der Waals surface area contributed by atoms with Gasteiger partial charge in [0, 0.05) is 6.42 Å².